The zero-order valence-electron chi connectivity index (χ0n) is 32.0. The lowest BCUT2D eigenvalue weighted by molar-refractivity contribution is -0.143. The number of rotatable bonds is 13. The molecule has 0 heterocycles. The molecule has 0 aliphatic rings. The Hall–Kier alpha value is -3.02. The SMILES string of the molecule is CC(C)(C)c1cc(CCC(=O)OCCCCCCOC=O)cc(C(C)(C)C)c1O.CCCc1cc(C(C)(C)C)c(O)c(C(C)(C)C)c1. The summed E-state index contributed by atoms with van der Waals surface area (Å²) in [6.45, 7) is 29.0. The first kappa shape index (κ1) is 42.0. The summed E-state index contributed by atoms with van der Waals surface area (Å²) in [5.74, 6) is 0.640. The van der Waals surface area contributed by atoms with Gasteiger partial charge in [0, 0.05) is 6.42 Å². The van der Waals surface area contributed by atoms with Crippen LogP contribution < -0.4 is 0 Å². The van der Waals surface area contributed by atoms with Crippen LogP contribution in [0.2, 0.25) is 0 Å². The average Bonchev–Trinajstić information content (AvgIpc) is 2.92. The lowest BCUT2D eigenvalue weighted by Gasteiger charge is -2.28. The normalized spacial score (nSPS) is 12.3. The van der Waals surface area contributed by atoms with Gasteiger partial charge in [0.05, 0.1) is 13.2 Å². The van der Waals surface area contributed by atoms with Crippen molar-refractivity contribution in [3.63, 3.8) is 0 Å². The van der Waals surface area contributed by atoms with Gasteiger partial charge >= 0.3 is 5.97 Å². The minimum absolute atomic E-state index is 0.0200. The van der Waals surface area contributed by atoms with Crippen molar-refractivity contribution in [1.82, 2.24) is 0 Å². The first-order chi connectivity index (χ1) is 21.5. The monoisotopic (exact) mass is 654 g/mol. The van der Waals surface area contributed by atoms with Crippen LogP contribution in [0.1, 0.15) is 162 Å². The summed E-state index contributed by atoms with van der Waals surface area (Å²) in [6.07, 6.45) is 6.67. The van der Waals surface area contributed by atoms with Crippen LogP contribution >= 0.6 is 0 Å². The second-order valence-corrected chi connectivity index (χ2v) is 16.9. The van der Waals surface area contributed by atoms with Gasteiger partial charge in [-0.25, -0.2) is 0 Å². The van der Waals surface area contributed by atoms with Crippen molar-refractivity contribution in [2.24, 2.45) is 0 Å². The van der Waals surface area contributed by atoms with E-state index >= 15 is 0 Å². The van der Waals surface area contributed by atoms with E-state index in [0.717, 1.165) is 66.3 Å². The predicted octanol–water partition coefficient (Wildman–Crippen LogP) is 10.1. The van der Waals surface area contributed by atoms with Crippen LogP contribution in [0.4, 0.5) is 0 Å². The Morgan fingerprint density at radius 2 is 0.979 bits per heavy atom. The number of benzene rings is 2. The molecule has 2 aromatic carbocycles. The molecule has 6 nitrogen and oxygen atoms in total. The highest BCUT2D eigenvalue weighted by Crippen LogP contribution is 2.41. The number of esters is 1. The maximum Gasteiger partial charge on any atom is 0.306 e. The van der Waals surface area contributed by atoms with Crippen molar-refractivity contribution < 1.29 is 29.3 Å². The quantitative estimate of drug-likeness (QED) is 0.127. The standard InChI is InChI=1S/C24H38O5.C17H28O/c1-23(2,3)19-15-18(16-20(22(19)27)24(4,5)6)11-12-21(26)29-14-10-8-7-9-13-28-17-25;1-8-9-12-10-13(16(2,3)4)15(18)14(11-12)17(5,6)7/h15-17,27H,7-14H2,1-6H3;10-11,18H,8-9H2,1-7H3. The third-order valence-corrected chi connectivity index (χ3v) is 8.22. The number of hydrogen-bond donors (Lipinski definition) is 2. The van der Waals surface area contributed by atoms with E-state index in [-0.39, 0.29) is 27.6 Å². The van der Waals surface area contributed by atoms with Gasteiger partial charge in [-0.3, -0.25) is 9.59 Å². The highest BCUT2D eigenvalue weighted by Gasteiger charge is 2.27. The molecule has 47 heavy (non-hydrogen) atoms. The van der Waals surface area contributed by atoms with Crippen molar-refractivity contribution in [3.05, 3.63) is 57.6 Å². The zero-order chi connectivity index (χ0) is 36.2. The van der Waals surface area contributed by atoms with Crippen LogP contribution in [0, 0.1) is 0 Å². The molecule has 0 unspecified atom stereocenters. The van der Waals surface area contributed by atoms with Gasteiger partial charge in [0.15, 0.2) is 0 Å². The number of phenolic OH excluding ortho intramolecular Hbond substituents is 2. The molecule has 0 spiro atoms. The molecule has 0 fully saturated rings. The summed E-state index contributed by atoms with van der Waals surface area (Å²) >= 11 is 0. The van der Waals surface area contributed by atoms with Gasteiger partial charge in [-0.1, -0.05) is 121 Å². The summed E-state index contributed by atoms with van der Waals surface area (Å²) in [4.78, 5) is 22.1. The fourth-order valence-electron chi connectivity index (χ4n) is 5.45. The number of ether oxygens (including phenoxy) is 2. The maximum absolute atomic E-state index is 12.1. The minimum Gasteiger partial charge on any atom is -0.507 e. The van der Waals surface area contributed by atoms with Crippen molar-refractivity contribution in [2.75, 3.05) is 13.2 Å². The van der Waals surface area contributed by atoms with Gasteiger partial charge in [0.1, 0.15) is 11.5 Å². The molecule has 0 saturated carbocycles. The number of phenols is 2. The Bertz CT molecular complexity index is 1210. The Labute approximate surface area is 286 Å². The molecule has 0 aliphatic carbocycles. The topological polar surface area (TPSA) is 93.1 Å². The highest BCUT2D eigenvalue weighted by molar-refractivity contribution is 5.69. The summed E-state index contributed by atoms with van der Waals surface area (Å²) in [7, 11) is 0. The minimum atomic E-state index is -0.197. The zero-order valence-corrected chi connectivity index (χ0v) is 32.0. The first-order valence-corrected chi connectivity index (χ1v) is 17.5. The molecular weight excluding hydrogens is 588 g/mol. The Morgan fingerprint density at radius 1 is 0.617 bits per heavy atom. The molecule has 2 aromatic rings. The highest BCUT2D eigenvalue weighted by atomic mass is 16.5. The molecule has 2 N–H and O–H groups in total. The number of carbonyl (C=O) groups is 2. The molecule has 2 rings (SSSR count). The lowest BCUT2D eigenvalue weighted by Crippen LogP contribution is -2.18. The van der Waals surface area contributed by atoms with Gasteiger partial charge in [-0.05, 0) is 93.6 Å². The van der Waals surface area contributed by atoms with Gasteiger partial charge in [-0.15, -0.1) is 0 Å². The molecule has 0 bridgehead atoms. The van der Waals surface area contributed by atoms with Crippen molar-refractivity contribution in [3.8, 4) is 11.5 Å². The fraction of sp³-hybridized carbons (Fsp3) is 0.659. The Kier molecular flexibility index (Phi) is 16.0. The summed E-state index contributed by atoms with van der Waals surface area (Å²) in [6, 6.07) is 8.38. The van der Waals surface area contributed by atoms with Gasteiger partial charge < -0.3 is 19.7 Å². The number of unbranched alkanes of at least 4 members (excludes halogenated alkanes) is 3. The number of hydrogen-bond acceptors (Lipinski definition) is 6. The van der Waals surface area contributed by atoms with E-state index in [4.69, 9.17) is 4.74 Å². The molecular formula is C41H66O6. The third-order valence-electron chi connectivity index (χ3n) is 8.22. The van der Waals surface area contributed by atoms with E-state index < -0.39 is 0 Å². The van der Waals surface area contributed by atoms with Crippen molar-refractivity contribution in [2.45, 2.75) is 163 Å². The molecule has 0 aromatic heterocycles. The van der Waals surface area contributed by atoms with E-state index in [2.05, 4.69) is 107 Å². The molecule has 0 atom stereocenters. The smallest absolute Gasteiger partial charge is 0.306 e. The second kappa shape index (κ2) is 17.9. The molecule has 0 saturated heterocycles. The van der Waals surface area contributed by atoms with E-state index in [0.29, 0.717) is 44.0 Å². The van der Waals surface area contributed by atoms with Crippen LogP contribution in [0.15, 0.2) is 24.3 Å². The van der Waals surface area contributed by atoms with Crippen molar-refractivity contribution in [1.29, 1.82) is 0 Å². The summed E-state index contributed by atoms with van der Waals surface area (Å²) in [5.41, 5.74) is 5.93. The van der Waals surface area contributed by atoms with E-state index in [1.54, 1.807) is 0 Å². The van der Waals surface area contributed by atoms with Crippen LogP contribution in [-0.4, -0.2) is 35.9 Å². The van der Waals surface area contributed by atoms with Crippen LogP contribution in [0.5, 0.6) is 11.5 Å². The lowest BCUT2D eigenvalue weighted by atomic mass is 9.78. The summed E-state index contributed by atoms with van der Waals surface area (Å²) in [5, 5.41) is 21.3. The molecule has 0 aliphatic heterocycles. The third kappa shape index (κ3) is 14.3. The Balaban J connectivity index is 0.000000524. The fourth-order valence-corrected chi connectivity index (χ4v) is 5.45. The second-order valence-electron chi connectivity index (χ2n) is 16.9. The predicted molar refractivity (Wildman–Crippen MR) is 195 cm³/mol. The summed E-state index contributed by atoms with van der Waals surface area (Å²) < 4.78 is 9.97. The van der Waals surface area contributed by atoms with Crippen molar-refractivity contribution >= 4 is 12.4 Å². The average molecular weight is 655 g/mol. The number of aromatic hydroxyl groups is 2. The number of aryl methyl sites for hydroxylation is 2. The Morgan fingerprint density at radius 3 is 1.32 bits per heavy atom. The van der Waals surface area contributed by atoms with Gasteiger partial charge in [0.2, 0.25) is 0 Å². The van der Waals surface area contributed by atoms with E-state index in [1.807, 2.05) is 12.1 Å². The molecule has 266 valence electrons. The molecule has 6 heteroatoms. The van der Waals surface area contributed by atoms with Crippen LogP contribution in [0.3, 0.4) is 0 Å². The van der Waals surface area contributed by atoms with Gasteiger partial charge in [-0.2, -0.15) is 0 Å². The first-order valence-electron chi connectivity index (χ1n) is 17.5. The van der Waals surface area contributed by atoms with E-state index in [9.17, 15) is 19.8 Å². The van der Waals surface area contributed by atoms with Crippen LogP contribution in [0.25, 0.3) is 0 Å². The molecule has 0 radical (unpaired) electrons. The molecule has 0 amide bonds. The number of carbonyl (C=O) groups excluding carboxylic acids is 2. The van der Waals surface area contributed by atoms with E-state index in [1.165, 1.54) is 5.56 Å². The van der Waals surface area contributed by atoms with Crippen LogP contribution in [-0.2, 0) is 53.6 Å². The maximum atomic E-state index is 12.1. The van der Waals surface area contributed by atoms with Gasteiger partial charge in [0.25, 0.3) is 6.47 Å². The largest absolute Gasteiger partial charge is 0.507 e.